The van der Waals surface area contributed by atoms with Gasteiger partial charge in [0.05, 0.1) is 17.1 Å². The van der Waals surface area contributed by atoms with Crippen LogP contribution in [0.5, 0.6) is 0 Å². The summed E-state index contributed by atoms with van der Waals surface area (Å²) in [7, 11) is 0. The molecular formula is C19H21N5OS2. The molecule has 2 heterocycles. The van der Waals surface area contributed by atoms with Gasteiger partial charge in [-0.25, -0.2) is 4.98 Å². The summed E-state index contributed by atoms with van der Waals surface area (Å²) in [4.78, 5) is 22.1. The molecule has 0 atom stereocenters. The summed E-state index contributed by atoms with van der Waals surface area (Å²) in [5.74, 6) is 0.330. The third-order valence-electron chi connectivity index (χ3n) is 3.69. The van der Waals surface area contributed by atoms with Gasteiger partial charge in [-0.3, -0.25) is 9.79 Å². The lowest BCUT2D eigenvalue weighted by molar-refractivity contribution is -0.119. The minimum Gasteiger partial charge on any atom is -0.370 e. The van der Waals surface area contributed by atoms with Gasteiger partial charge in [0.1, 0.15) is 0 Å². The van der Waals surface area contributed by atoms with Gasteiger partial charge in [0.15, 0.2) is 11.1 Å². The third kappa shape index (κ3) is 5.90. The molecule has 6 nitrogen and oxygen atoms in total. The minimum atomic E-state index is -0.0351. The molecule has 0 bridgehead atoms. The Balaban J connectivity index is 1.54. The van der Waals surface area contributed by atoms with E-state index >= 15 is 0 Å². The number of nitrogens with zero attached hydrogens (tertiary/aromatic N) is 2. The van der Waals surface area contributed by atoms with Crippen molar-refractivity contribution in [2.45, 2.75) is 19.9 Å². The zero-order valence-corrected chi connectivity index (χ0v) is 16.6. The summed E-state index contributed by atoms with van der Waals surface area (Å²) in [6, 6.07) is 14.2. The molecule has 1 amide bonds. The van der Waals surface area contributed by atoms with E-state index in [9.17, 15) is 4.79 Å². The number of aromatic nitrogens is 1. The van der Waals surface area contributed by atoms with Crippen LogP contribution in [0, 0.1) is 0 Å². The first kappa shape index (κ1) is 19.1. The first-order valence-corrected chi connectivity index (χ1v) is 10.2. The molecule has 0 aliphatic carbocycles. The second kappa shape index (κ2) is 9.29. The molecule has 8 heteroatoms. The average molecular weight is 400 g/mol. The van der Waals surface area contributed by atoms with Gasteiger partial charge in [-0.2, -0.15) is 0 Å². The number of thiophene rings is 1. The number of benzene rings is 1. The van der Waals surface area contributed by atoms with Crippen molar-refractivity contribution in [2.24, 2.45) is 10.7 Å². The summed E-state index contributed by atoms with van der Waals surface area (Å²) in [6.07, 6.45) is 0.846. The summed E-state index contributed by atoms with van der Waals surface area (Å²) < 4.78 is 0. The van der Waals surface area contributed by atoms with Gasteiger partial charge in [-0.15, -0.1) is 22.7 Å². The molecule has 3 rings (SSSR count). The van der Waals surface area contributed by atoms with Gasteiger partial charge in [0.2, 0.25) is 5.91 Å². The minimum absolute atomic E-state index is 0.0351. The van der Waals surface area contributed by atoms with Crippen molar-refractivity contribution in [2.75, 3.05) is 11.9 Å². The van der Waals surface area contributed by atoms with E-state index in [0.29, 0.717) is 24.2 Å². The van der Waals surface area contributed by atoms with Crippen molar-refractivity contribution >= 4 is 39.7 Å². The number of carbonyl (C=O) groups is 1. The summed E-state index contributed by atoms with van der Waals surface area (Å²) in [5.41, 5.74) is 8.08. The molecule has 0 saturated carbocycles. The first-order valence-electron chi connectivity index (χ1n) is 8.50. The number of nitrogens with two attached hydrogens (primary N) is 1. The number of amides is 1. The summed E-state index contributed by atoms with van der Waals surface area (Å²) in [6.45, 7) is 2.67. The number of thiazole rings is 1. The number of nitrogens with one attached hydrogen (secondary N) is 2. The van der Waals surface area contributed by atoms with Crippen LogP contribution in [0.2, 0.25) is 0 Å². The zero-order chi connectivity index (χ0) is 19.1. The summed E-state index contributed by atoms with van der Waals surface area (Å²) in [5, 5.41) is 8.54. The molecule has 140 valence electrons. The number of rotatable bonds is 7. The van der Waals surface area contributed by atoms with Crippen molar-refractivity contribution in [3.8, 4) is 10.6 Å². The van der Waals surface area contributed by atoms with Crippen LogP contribution < -0.4 is 16.4 Å². The van der Waals surface area contributed by atoms with Crippen LogP contribution >= 0.6 is 22.7 Å². The fraction of sp³-hybridized carbons (Fsp3) is 0.211. The Morgan fingerprint density at radius 3 is 2.81 bits per heavy atom. The molecule has 27 heavy (non-hydrogen) atoms. The highest BCUT2D eigenvalue weighted by atomic mass is 32.1. The van der Waals surface area contributed by atoms with Gasteiger partial charge in [-0.1, -0.05) is 30.3 Å². The topological polar surface area (TPSA) is 92.4 Å². The van der Waals surface area contributed by atoms with Gasteiger partial charge in [-0.05, 0) is 24.1 Å². The highest BCUT2D eigenvalue weighted by Gasteiger charge is 2.08. The molecule has 0 fully saturated rings. The lowest BCUT2D eigenvalue weighted by Crippen LogP contribution is -2.23. The maximum absolute atomic E-state index is 11.0. The van der Waals surface area contributed by atoms with Gasteiger partial charge in [0, 0.05) is 23.7 Å². The van der Waals surface area contributed by atoms with E-state index in [1.165, 1.54) is 23.8 Å². The fourth-order valence-electron chi connectivity index (χ4n) is 2.37. The number of hydrogen-bond acceptors (Lipinski definition) is 5. The van der Waals surface area contributed by atoms with Crippen molar-refractivity contribution in [3.05, 3.63) is 58.3 Å². The van der Waals surface area contributed by atoms with Crippen LogP contribution in [0.15, 0.2) is 52.8 Å². The molecule has 0 radical (unpaired) electrons. The molecule has 1 aromatic carbocycles. The molecule has 0 aliphatic rings. The van der Waals surface area contributed by atoms with E-state index in [1.54, 1.807) is 11.3 Å². The lowest BCUT2D eigenvalue weighted by Gasteiger charge is -2.02. The quantitative estimate of drug-likeness (QED) is 0.419. The van der Waals surface area contributed by atoms with Crippen molar-refractivity contribution in [1.82, 2.24) is 10.3 Å². The Morgan fingerprint density at radius 1 is 1.22 bits per heavy atom. The number of hydrogen-bond donors (Lipinski definition) is 3. The van der Waals surface area contributed by atoms with E-state index in [4.69, 9.17) is 5.73 Å². The third-order valence-corrected chi connectivity index (χ3v) is 5.56. The average Bonchev–Trinajstić information content (AvgIpc) is 3.30. The van der Waals surface area contributed by atoms with E-state index in [-0.39, 0.29) is 5.91 Å². The molecule has 0 aliphatic heterocycles. The van der Waals surface area contributed by atoms with E-state index in [0.717, 1.165) is 21.9 Å². The molecule has 2 aromatic heterocycles. The van der Waals surface area contributed by atoms with Gasteiger partial charge in [0.25, 0.3) is 0 Å². The number of carbonyl (C=O) groups excluding carboxylic acids is 1. The van der Waals surface area contributed by atoms with Crippen LogP contribution in [0.3, 0.4) is 0 Å². The molecular weight excluding hydrogens is 378 g/mol. The van der Waals surface area contributed by atoms with Gasteiger partial charge >= 0.3 is 0 Å². The van der Waals surface area contributed by atoms with Gasteiger partial charge < -0.3 is 16.4 Å². The second-order valence-electron chi connectivity index (χ2n) is 5.84. The Kier molecular flexibility index (Phi) is 6.56. The summed E-state index contributed by atoms with van der Waals surface area (Å²) >= 11 is 3.10. The first-order chi connectivity index (χ1) is 13.1. The smallest absolute Gasteiger partial charge is 0.217 e. The Morgan fingerprint density at radius 2 is 2.04 bits per heavy atom. The van der Waals surface area contributed by atoms with Crippen LogP contribution in [0.25, 0.3) is 10.6 Å². The van der Waals surface area contributed by atoms with E-state index in [1.807, 2.05) is 35.7 Å². The number of aliphatic imine (C=N–C) groups is 1. The van der Waals surface area contributed by atoms with Crippen molar-refractivity contribution < 1.29 is 4.79 Å². The van der Waals surface area contributed by atoms with E-state index < -0.39 is 0 Å². The maximum Gasteiger partial charge on any atom is 0.217 e. The monoisotopic (exact) mass is 399 g/mol. The zero-order valence-electron chi connectivity index (χ0n) is 14.9. The van der Waals surface area contributed by atoms with Crippen LogP contribution in [-0.4, -0.2) is 23.4 Å². The molecule has 0 spiro atoms. The highest BCUT2D eigenvalue weighted by Crippen LogP contribution is 2.30. The molecule has 4 N–H and O–H groups in total. The Hall–Kier alpha value is -2.71. The fourth-order valence-corrected chi connectivity index (χ4v) is 4.07. The predicted octanol–water partition coefficient (Wildman–Crippen LogP) is 3.48. The van der Waals surface area contributed by atoms with Crippen LogP contribution in [-0.2, 0) is 17.8 Å². The Labute approximate surface area is 166 Å². The van der Waals surface area contributed by atoms with E-state index in [2.05, 4.69) is 32.7 Å². The van der Waals surface area contributed by atoms with Crippen molar-refractivity contribution in [3.63, 3.8) is 0 Å². The SMILES string of the molecule is CC(=O)NCc1ccc(-c2csc(NC(N)=NCCc3ccccc3)n2)s1. The lowest BCUT2D eigenvalue weighted by atomic mass is 10.2. The largest absolute Gasteiger partial charge is 0.370 e. The van der Waals surface area contributed by atoms with Crippen LogP contribution in [0.4, 0.5) is 5.13 Å². The van der Waals surface area contributed by atoms with Crippen LogP contribution in [0.1, 0.15) is 17.4 Å². The molecule has 0 saturated heterocycles. The Bertz CT molecular complexity index is 917. The number of anilines is 1. The normalized spacial score (nSPS) is 11.4. The van der Waals surface area contributed by atoms with Crippen molar-refractivity contribution in [1.29, 1.82) is 0 Å². The highest BCUT2D eigenvalue weighted by molar-refractivity contribution is 7.17. The number of guanidine groups is 1. The maximum atomic E-state index is 11.0. The predicted molar refractivity (Wildman–Crippen MR) is 113 cm³/mol. The second-order valence-corrected chi connectivity index (χ2v) is 7.87. The standard InChI is InChI=1S/C19H21N5OS2/c1-13(25)22-11-15-7-8-17(27-15)16-12-26-19(23-16)24-18(20)21-10-9-14-5-3-2-4-6-14/h2-8,12H,9-11H2,1H3,(H,22,25)(H3,20,21,23,24). The molecule has 3 aromatic rings. The molecule has 0 unspecified atom stereocenters.